The van der Waals surface area contributed by atoms with Crippen LogP contribution >= 0.6 is 0 Å². The van der Waals surface area contributed by atoms with Crippen LogP contribution in [0.25, 0.3) is 0 Å². The van der Waals surface area contributed by atoms with E-state index < -0.39 is 8.07 Å². The molecule has 0 rings (SSSR count). The average molecular weight is 202 g/mol. The first kappa shape index (κ1) is 12.9. The molecule has 0 spiro atoms. The monoisotopic (exact) mass is 202 g/mol. The summed E-state index contributed by atoms with van der Waals surface area (Å²) in [4.78, 5) is 0. The van der Waals surface area contributed by atoms with Crippen molar-refractivity contribution in [3.63, 3.8) is 0 Å². The minimum atomic E-state index is -1.90. The Balaban J connectivity index is 4.84. The van der Waals surface area contributed by atoms with Gasteiger partial charge in [-0.15, -0.1) is 34.4 Å². The molecule has 0 aliphatic rings. The van der Waals surface area contributed by atoms with E-state index in [9.17, 15) is 0 Å². The van der Waals surface area contributed by atoms with Gasteiger partial charge in [0, 0.05) is 19.3 Å². The predicted octanol–water partition coefficient (Wildman–Crippen LogP) is 2.92. The summed E-state index contributed by atoms with van der Waals surface area (Å²) in [5.74, 6) is 9.34. The van der Waals surface area contributed by atoms with Crippen LogP contribution in [0.15, 0.2) is 0 Å². The summed E-state index contributed by atoms with van der Waals surface area (Å²) in [6.45, 7) is 8.30. The van der Waals surface area contributed by atoms with Gasteiger partial charge in [-0.3, -0.25) is 0 Å². The van der Waals surface area contributed by atoms with E-state index in [2.05, 4.69) is 61.7 Å². The van der Waals surface area contributed by atoms with Gasteiger partial charge in [0.25, 0.3) is 8.07 Å². The van der Waals surface area contributed by atoms with Crippen molar-refractivity contribution in [2.75, 3.05) is 0 Å². The molecule has 0 nitrogen and oxygen atoms in total. The minimum Gasteiger partial charge on any atom is -0.108 e. The lowest BCUT2D eigenvalue weighted by atomic mass is 10.5. The van der Waals surface area contributed by atoms with Gasteiger partial charge in [0.2, 0.25) is 0 Å². The standard InChI is InChI=1S/C13H18Si/c1-5-8-11-14(4,12-9-6-2)13-10-7-3/h5-7H2,1-4H3. The third-order valence-corrected chi connectivity index (χ3v) is 3.58. The first-order chi connectivity index (χ1) is 6.68. The SMILES string of the molecule is CCC#C[Si](C)(C#CCC)C#CCC. The molecule has 14 heavy (non-hydrogen) atoms. The Bertz CT molecular complexity index is 278. The first-order valence-corrected chi connectivity index (χ1v) is 7.68. The third-order valence-electron chi connectivity index (χ3n) is 1.55. The zero-order valence-electron chi connectivity index (χ0n) is 9.62. The molecule has 0 amide bonds. The van der Waals surface area contributed by atoms with Gasteiger partial charge in [-0.1, -0.05) is 20.8 Å². The quantitative estimate of drug-likeness (QED) is 0.418. The molecule has 0 bridgehead atoms. The summed E-state index contributed by atoms with van der Waals surface area (Å²) < 4.78 is 0. The zero-order chi connectivity index (χ0) is 10.9. The fourth-order valence-corrected chi connectivity index (χ4v) is 2.67. The summed E-state index contributed by atoms with van der Waals surface area (Å²) in [5, 5.41) is 0. The van der Waals surface area contributed by atoms with Crippen molar-refractivity contribution in [1.82, 2.24) is 0 Å². The van der Waals surface area contributed by atoms with Gasteiger partial charge in [0.15, 0.2) is 0 Å². The molecule has 0 aromatic rings. The normalized spacial score (nSPS) is 8.57. The lowest BCUT2D eigenvalue weighted by molar-refractivity contribution is 1.28. The molecular weight excluding hydrogens is 184 g/mol. The van der Waals surface area contributed by atoms with Crippen LogP contribution in [-0.2, 0) is 0 Å². The van der Waals surface area contributed by atoms with Crippen molar-refractivity contribution >= 4 is 8.07 Å². The van der Waals surface area contributed by atoms with Crippen molar-refractivity contribution in [1.29, 1.82) is 0 Å². The van der Waals surface area contributed by atoms with Crippen molar-refractivity contribution in [3.05, 3.63) is 0 Å². The Morgan fingerprint density at radius 3 is 1.21 bits per heavy atom. The highest BCUT2D eigenvalue weighted by molar-refractivity contribution is 6.99. The van der Waals surface area contributed by atoms with Gasteiger partial charge < -0.3 is 0 Å². The molecule has 0 fully saturated rings. The van der Waals surface area contributed by atoms with Crippen molar-refractivity contribution in [3.8, 4) is 34.4 Å². The van der Waals surface area contributed by atoms with Gasteiger partial charge >= 0.3 is 0 Å². The second-order valence-electron chi connectivity index (χ2n) is 3.09. The van der Waals surface area contributed by atoms with E-state index >= 15 is 0 Å². The van der Waals surface area contributed by atoms with Crippen LogP contribution in [0.3, 0.4) is 0 Å². The Morgan fingerprint density at radius 2 is 1.00 bits per heavy atom. The van der Waals surface area contributed by atoms with Crippen LogP contribution in [0.5, 0.6) is 0 Å². The predicted molar refractivity (Wildman–Crippen MR) is 65.8 cm³/mol. The minimum absolute atomic E-state index is 0.893. The average Bonchev–Trinajstić information content (AvgIpc) is 2.21. The van der Waals surface area contributed by atoms with Crippen LogP contribution in [0.4, 0.5) is 0 Å². The summed E-state index contributed by atoms with van der Waals surface area (Å²) >= 11 is 0. The molecule has 0 aliphatic heterocycles. The molecule has 0 atom stereocenters. The highest BCUT2D eigenvalue weighted by Gasteiger charge is 2.18. The Kier molecular flexibility index (Phi) is 6.74. The van der Waals surface area contributed by atoms with Crippen LogP contribution in [0.2, 0.25) is 6.55 Å². The molecule has 0 saturated carbocycles. The van der Waals surface area contributed by atoms with Crippen molar-refractivity contribution < 1.29 is 0 Å². The van der Waals surface area contributed by atoms with E-state index in [-0.39, 0.29) is 0 Å². The largest absolute Gasteiger partial charge is 0.287 e. The third kappa shape index (κ3) is 5.53. The molecule has 0 aliphatic carbocycles. The number of rotatable bonds is 0. The smallest absolute Gasteiger partial charge is 0.108 e. The Labute approximate surface area is 89.5 Å². The topological polar surface area (TPSA) is 0 Å². The molecular formula is C13H18Si. The van der Waals surface area contributed by atoms with E-state index in [0.29, 0.717) is 0 Å². The van der Waals surface area contributed by atoms with Gasteiger partial charge in [0.05, 0.1) is 0 Å². The molecule has 74 valence electrons. The summed E-state index contributed by atoms with van der Waals surface area (Å²) in [7, 11) is -1.90. The maximum atomic E-state index is 3.26. The maximum absolute atomic E-state index is 3.26. The van der Waals surface area contributed by atoms with Crippen LogP contribution in [-0.4, -0.2) is 8.07 Å². The van der Waals surface area contributed by atoms with E-state index in [1.165, 1.54) is 0 Å². The molecule has 0 saturated heterocycles. The molecule has 1 heteroatoms. The summed E-state index contributed by atoms with van der Waals surface area (Å²) in [6.07, 6.45) is 2.68. The molecule has 0 N–H and O–H groups in total. The first-order valence-electron chi connectivity index (χ1n) is 5.18. The van der Waals surface area contributed by atoms with E-state index in [4.69, 9.17) is 0 Å². The van der Waals surface area contributed by atoms with E-state index in [0.717, 1.165) is 19.3 Å². The number of hydrogen-bond acceptors (Lipinski definition) is 0. The van der Waals surface area contributed by atoms with Gasteiger partial charge in [-0.05, 0) is 6.55 Å². The van der Waals surface area contributed by atoms with Crippen molar-refractivity contribution in [2.24, 2.45) is 0 Å². The van der Waals surface area contributed by atoms with Gasteiger partial charge in [-0.25, -0.2) is 0 Å². The van der Waals surface area contributed by atoms with Crippen LogP contribution in [0, 0.1) is 34.4 Å². The highest BCUT2D eigenvalue weighted by atomic mass is 28.3. The summed E-state index contributed by atoms with van der Waals surface area (Å²) in [6, 6.07) is 0. The fourth-order valence-electron chi connectivity index (χ4n) is 0.889. The van der Waals surface area contributed by atoms with Crippen LogP contribution in [0.1, 0.15) is 40.0 Å². The lowest BCUT2D eigenvalue weighted by Gasteiger charge is -2.02. The lowest BCUT2D eigenvalue weighted by Crippen LogP contribution is -2.24. The maximum Gasteiger partial charge on any atom is 0.287 e. The highest BCUT2D eigenvalue weighted by Crippen LogP contribution is 1.98. The van der Waals surface area contributed by atoms with E-state index in [1.807, 2.05) is 0 Å². The van der Waals surface area contributed by atoms with Crippen LogP contribution < -0.4 is 0 Å². The fraction of sp³-hybridized carbons (Fsp3) is 0.538. The summed E-state index contributed by atoms with van der Waals surface area (Å²) in [5.41, 5.74) is 9.77. The van der Waals surface area contributed by atoms with E-state index in [1.54, 1.807) is 0 Å². The molecule has 0 unspecified atom stereocenters. The van der Waals surface area contributed by atoms with Gasteiger partial charge in [0.1, 0.15) is 0 Å². The molecule has 0 aromatic heterocycles. The Hall–Kier alpha value is -1.10. The Morgan fingerprint density at radius 1 is 0.714 bits per heavy atom. The molecule has 0 heterocycles. The molecule has 0 aromatic carbocycles. The second-order valence-corrected chi connectivity index (χ2v) is 6.09. The second kappa shape index (κ2) is 7.31. The zero-order valence-corrected chi connectivity index (χ0v) is 10.6. The van der Waals surface area contributed by atoms with Crippen molar-refractivity contribution in [2.45, 2.75) is 46.6 Å². The molecule has 0 radical (unpaired) electrons. The number of hydrogen-bond donors (Lipinski definition) is 0. The van der Waals surface area contributed by atoms with Gasteiger partial charge in [-0.2, -0.15) is 0 Å².